The van der Waals surface area contributed by atoms with Gasteiger partial charge in [0, 0.05) is 6.54 Å². The molecule has 0 aliphatic carbocycles. The second-order valence-electron chi connectivity index (χ2n) is 6.46. The molecule has 0 unspecified atom stereocenters. The second kappa shape index (κ2) is 9.37. The molecule has 3 rings (SSSR count). The van der Waals surface area contributed by atoms with Crippen LogP contribution in [-0.4, -0.2) is 23.5 Å². The zero-order valence-electron chi connectivity index (χ0n) is 15.4. The van der Waals surface area contributed by atoms with E-state index in [0.717, 1.165) is 16.7 Å². The van der Waals surface area contributed by atoms with Crippen LogP contribution in [0.1, 0.15) is 27.0 Å². The van der Waals surface area contributed by atoms with E-state index in [-0.39, 0.29) is 23.8 Å². The van der Waals surface area contributed by atoms with E-state index >= 15 is 0 Å². The number of hydrogen-bond donors (Lipinski definition) is 3. The number of benzene rings is 3. The minimum Gasteiger partial charge on any atom is -0.507 e. The Bertz CT molecular complexity index is 941. The van der Waals surface area contributed by atoms with Gasteiger partial charge in [-0.1, -0.05) is 66.7 Å². The molecule has 0 heterocycles. The van der Waals surface area contributed by atoms with Gasteiger partial charge < -0.3 is 15.7 Å². The maximum Gasteiger partial charge on any atom is 0.255 e. The van der Waals surface area contributed by atoms with Crippen LogP contribution in [0.15, 0.2) is 78.9 Å². The summed E-state index contributed by atoms with van der Waals surface area (Å²) in [5, 5.41) is 15.3. The third kappa shape index (κ3) is 5.45. The molecule has 0 saturated heterocycles. The van der Waals surface area contributed by atoms with Gasteiger partial charge in [-0.05, 0) is 35.2 Å². The number of nitrogens with one attached hydrogen (secondary N) is 2. The first-order valence-corrected chi connectivity index (χ1v) is 9.06. The van der Waals surface area contributed by atoms with E-state index in [9.17, 15) is 14.7 Å². The molecule has 3 N–H and O–H groups in total. The Morgan fingerprint density at radius 2 is 1.39 bits per heavy atom. The van der Waals surface area contributed by atoms with Crippen LogP contribution in [0.5, 0.6) is 5.75 Å². The van der Waals surface area contributed by atoms with Gasteiger partial charge >= 0.3 is 0 Å². The number of hydrogen-bond acceptors (Lipinski definition) is 3. The Kier molecular flexibility index (Phi) is 6.41. The molecular weight excluding hydrogens is 352 g/mol. The van der Waals surface area contributed by atoms with Gasteiger partial charge in [0.15, 0.2) is 0 Å². The summed E-state index contributed by atoms with van der Waals surface area (Å²) in [6.07, 6.45) is 0.652. The van der Waals surface area contributed by atoms with Crippen LogP contribution < -0.4 is 10.6 Å². The smallest absolute Gasteiger partial charge is 0.255 e. The predicted molar refractivity (Wildman–Crippen MR) is 108 cm³/mol. The molecule has 28 heavy (non-hydrogen) atoms. The Hall–Kier alpha value is -3.60. The minimum absolute atomic E-state index is 0.112. The molecule has 142 valence electrons. The van der Waals surface area contributed by atoms with Crippen molar-refractivity contribution in [3.05, 3.63) is 101 Å². The van der Waals surface area contributed by atoms with E-state index < -0.39 is 5.91 Å². The number of aromatic hydroxyl groups is 1. The van der Waals surface area contributed by atoms with E-state index in [4.69, 9.17) is 0 Å². The largest absolute Gasteiger partial charge is 0.507 e. The monoisotopic (exact) mass is 374 g/mol. The van der Waals surface area contributed by atoms with Gasteiger partial charge in [0.25, 0.3) is 5.91 Å². The number of phenolic OH excluding ortho intramolecular Hbond substituents is 1. The average Bonchev–Trinajstić information content (AvgIpc) is 2.73. The van der Waals surface area contributed by atoms with E-state index in [1.54, 1.807) is 12.1 Å². The second-order valence-corrected chi connectivity index (χ2v) is 6.46. The molecular formula is C23H22N2O3. The highest BCUT2D eigenvalue weighted by molar-refractivity contribution is 5.98. The lowest BCUT2D eigenvalue weighted by Crippen LogP contribution is -2.36. The van der Waals surface area contributed by atoms with Crippen LogP contribution in [0.2, 0.25) is 0 Å². The SMILES string of the molecule is O=C(CNC(=O)c1cc(Cc2ccccc2)ccc1O)NCc1ccccc1. The molecule has 5 heteroatoms. The molecule has 0 atom stereocenters. The quantitative estimate of drug-likeness (QED) is 0.595. The fourth-order valence-electron chi connectivity index (χ4n) is 2.82. The maximum atomic E-state index is 12.4. The van der Waals surface area contributed by atoms with Crippen molar-refractivity contribution in [1.29, 1.82) is 0 Å². The summed E-state index contributed by atoms with van der Waals surface area (Å²) in [5.41, 5.74) is 3.15. The molecule has 5 nitrogen and oxygen atoms in total. The summed E-state index contributed by atoms with van der Waals surface area (Å²) in [5.74, 6) is -0.890. The number of rotatable bonds is 7. The lowest BCUT2D eigenvalue weighted by atomic mass is 10.0. The highest BCUT2D eigenvalue weighted by atomic mass is 16.3. The number of carbonyl (C=O) groups is 2. The van der Waals surface area contributed by atoms with Crippen molar-refractivity contribution in [2.45, 2.75) is 13.0 Å². The molecule has 0 spiro atoms. The molecule has 0 radical (unpaired) electrons. The Morgan fingerprint density at radius 3 is 2.07 bits per heavy atom. The lowest BCUT2D eigenvalue weighted by molar-refractivity contribution is -0.120. The highest BCUT2D eigenvalue weighted by Crippen LogP contribution is 2.20. The summed E-state index contributed by atoms with van der Waals surface area (Å²) in [6, 6.07) is 24.3. The number of amides is 2. The Labute approximate surface area is 164 Å². The third-order valence-corrected chi connectivity index (χ3v) is 4.30. The minimum atomic E-state index is -0.484. The zero-order valence-corrected chi connectivity index (χ0v) is 15.4. The highest BCUT2D eigenvalue weighted by Gasteiger charge is 2.13. The van der Waals surface area contributed by atoms with E-state index in [1.165, 1.54) is 6.07 Å². The standard InChI is InChI=1S/C23H22N2O3/c26-21-12-11-19(13-17-7-3-1-4-8-17)14-20(21)23(28)25-16-22(27)24-15-18-9-5-2-6-10-18/h1-12,14,26H,13,15-16H2,(H,24,27)(H,25,28). The van der Waals surface area contributed by atoms with Crippen molar-refractivity contribution < 1.29 is 14.7 Å². The van der Waals surface area contributed by atoms with Gasteiger partial charge in [-0.3, -0.25) is 9.59 Å². The van der Waals surface area contributed by atoms with Crippen molar-refractivity contribution >= 4 is 11.8 Å². The normalized spacial score (nSPS) is 10.3. The van der Waals surface area contributed by atoms with Gasteiger partial charge in [-0.25, -0.2) is 0 Å². The van der Waals surface area contributed by atoms with Crippen molar-refractivity contribution in [1.82, 2.24) is 10.6 Å². The first kappa shape index (κ1) is 19.2. The first-order valence-electron chi connectivity index (χ1n) is 9.06. The molecule has 0 aromatic heterocycles. The molecule has 0 aliphatic heterocycles. The van der Waals surface area contributed by atoms with Crippen LogP contribution in [0.4, 0.5) is 0 Å². The van der Waals surface area contributed by atoms with E-state index in [1.807, 2.05) is 60.7 Å². The summed E-state index contributed by atoms with van der Waals surface area (Å²) in [6.45, 7) is 0.237. The van der Waals surface area contributed by atoms with Crippen molar-refractivity contribution in [2.75, 3.05) is 6.54 Å². The van der Waals surface area contributed by atoms with Crippen molar-refractivity contribution in [3.63, 3.8) is 0 Å². The third-order valence-electron chi connectivity index (χ3n) is 4.30. The van der Waals surface area contributed by atoms with E-state index in [0.29, 0.717) is 13.0 Å². The van der Waals surface area contributed by atoms with Crippen molar-refractivity contribution in [3.8, 4) is 5.75 Å². The lowest BCUT2D eigenvalue weighted by Gasteiger charge is -2.10. The molecule has 0 bridgehead atoms. The summed E-state index contributed by atoms with van der Waals surface area (Å²) in [4.78, 5) is 24.4. The molecule has 0 fully saturated rings. The van der Waals surface area contributed by atoms with Gasteiger partial charge in [-0.2, -0.15) is 0 Å². The molecule has 3 aromatic carbocycles. The number of carbonyl (C=O) groups excluding carboxylic acids is 2. The number of phenols is 1. The van der Waals surface area contributed by atoms with Gasteiger partial charge in [-0.15, -0.1) is 0 Å². The van der Waals surface area contributed by atoms with Crippen LogP contribution >= 0.6 is 0 Å². The van der Waals surface area contributed by atoms with Crippen LogP contribution in [0.3, 0.4) is 0 Å². The van der Waals surface area contributed by atoms with Gasteiger partial charge in [0.2, 0.25) is 5.91 Å². The zero-order chi connectivity index (χ0) is 19.8. The van der Waals surface area contributed by atoms with E-state index in [2.05, 4.69) is 10.6 Å². The predicted octanol–water partition coefficient (Wildman–Crippen LogP) is 3.03. The molecule has 2 amide bonds. The molecule has 0 aliphatic rings. The van der Waals surface area contributed by atoms with Crippen LogP contribution in [0, 0.1) is 0 Å². The van der Waals surface area contributed by atoms with Gasteiger partial charge in [0.1, 0.15) is 5.75 Å². The van der Waals surface area contributed by atoms with Crippen LogP contribution in [0.25, 0.3) is 0 Å². The molecule has 0 saturated carbocycles. The topological polar surface area (TPSA) is 78.4 Å². The van der Waals surface area contributed by atoms with Crippen LogP contribution in [-0.2, 0) is 17.8 Å². The summed E-state index contributed by atoms with van der Waals surface area (Å²) in [7, 11) is 0. The Morgan fingerprint density at radius 1 is 0.750 bits per heavy atom. The summed E-state index contributed by atoms with van der Waals surface area (Å²) < 4.78 is 0. The summed E-state index contributed by atoms with van der Waals surface area (Å²) >= 11 is 0. The van der Waals surface area contributed by atoms with Crippen molar-refractivity contribution in [2.24, 2.45) is 0 Å². The average molecular weight is 374 g/mol. The fraction of sp³-hybridized carbons (Fsp3) is 0.130. The molecule has 3 aromatic rings. The first-order chi connectivity index (χ1) is 13.6. The maximum absolute atomic E-state index is 12.4. The van der Waals surface area contributed by atoms with Gasteiger partial charge in [0.05, 0.1) is 12.1 Å². The Balaban J connectivity index is 1.56. The fourth-order valence-corrected chi connectivity index (χ4v) is 2.82.